The van der Waals surface area contributed by atoms with E-state index in [0.29, 0.717) is 12.1 Å². The van der Waals surface area contributed by atoms with Crippen LogP contribution < -0.4 is 15.5 Å². The molecular formula is C25H36N6O. The van der Waals surface area contributed by atoms with Crippen LogP contribution in [0.25, 0.3) is 0 Å². The van der Waals surface area contributed by atoms with Gasteiger partial charge in [-0.15, -0.1) is 0 Å². The van der Waals surface area contributed by atoms with Crippen LogP contribution in [0.5, 0.6) is 0 Å². The monoisotopic (exact) mass is 436 g/mol. The fourth-order valence-electron chi connectivity index (χ4n) is 3.81. The van der Waals surface area contributed by atoms with Crippen molar-refractivity contribution in [2.45, 2.75) is 13.0 Å². The third-order valence-electron chi connectivity index (χ3n) is 5.73. The summed E-state index contributed by atoms with van der Waals surface area (Å²) in [5.41, 5.74) is 3.13. The predicted octanol–water partition coefficient (Wildman–Crippen LogP) is 2.27. The number of anilines is 1. The number of piperazine rings is 1. The first-order chi connectivity index (χ1) is 15.6. The lowest BCUT2D eigenvalue weighted by atomic mass is 10.1. The van der Waals surface area contributed by atoms with Crippen molar-refractivity contribution >= 4 is 17.6 Å². The average molecular weight is 437 g/mol. The van der Waals surface area contributed by atoms with Crippen LogP contribution >= 0.6 is 0 Å². The highest BCUT2D eigenvalue weighted by Crippen LogP contribution is 2.15. The summed E-state index contributed by atoms with van der Waals surface area (Å²) in [6.07, 6.45) is 1.08. The second-order valence-corrected chi connectivity index (χ2v) is 8.27. The predicted molar refractivity (Wildman–Crippen MR) is 132 cm³/mol. The number of amides is 1. The number of guanidine groups is 1. The number of rotatable bonds is 8. The topological polar surface area (TPSA) is 63.2 Å². The third-order valence-corrected chi connectivity index (χ3v) is 5.73. The van der Waals surface area contributed by atoms with Gasteiger partial charge in [0.2, 0.25) is 0 Å². The van der Waals surface area contributed by atoms with Gasteiger partial charge in [-0.2, -0.15) is 0 Å². The van der Waals surface area contributed by atoms with E-state index in [1.54, 1.807) is 26.0 Å². The molecule has 7 heteroatoms. The highest BCUT2D eigenvalue weighted by molar-refractivity contribution is 5.93. The van der Waals surface area contributed by atoms with E-state index in [1.807, 2.05) is 24.3 Å². The summed E-state index contributed by atoms with van der Waals surface area (Å²) < 4.78 is 0. The molecule has 0 bridgehead atoms. The Morgan fingerprint density at radius 1 is 0.969 bits per heavy atom. The maximum absolute atomic E-state index is 12.0. The van der Waals surface area contributed by atoms with Crippen LogP contribution in [0.2, 0.25) is 0 Å². The summed E-state index contributed by atoms with van der Waals surface area (Å²) in [6.45, 7) is 7.02. The Kier molecular flexibility index (Phi) is 8.92. The second kappa shape index (κ2) is 12.1. The molecule has 32 heavy (non-hydrogen) atoms. The number of para-hydroxylation sites is 1. The Balaban J connectivity index is 1.32. The fraction of sp³-hybridized carbons (Fsp3) is 0.440. The summed E-state index contributed by atoms with van der Waals surface area (Å²) in [5, 5.41) is 6.74. The maximum Gasteiger partial charge on any atom is 0.253 e. The summed E-state index contributed by atoms with van der Waals surface area (Å²) >= 11 is 0. The van der Waals surface area contributed by atoms with Gasteiger partial charge in [-0.05, 0) is 42.8 Å². The number of carbonyl (C=O) groups is 1. The number of carbonyl (C=O) groups excluding carboxylic acids is 1. The smallest absolute Gasteiger partial charge is 0.253 e. The van der Waals surface area contributed by atoms with E-state index in [1.165, 1.54) is 5.69 Å². The second-order valence-electron chi connectivity index (χ2n) is 8.27. The Bertz CT molecular complexity index is 858. The van der Waals surface area contributed by atoms with Crippen molar-refractivity contribution in [2.24, 2.45) is 4.99 Å². The minimum atomic E-state index is 0.0171. The molecule has 1 heterocycles. The SMILES string of the molecule is CN=C(NCCCN1CCN(c2ccccc2)CC1)NCc1ccc(C(=O)N(C)C)cc1. The van der Waals surface area contributed by atoms with Gasteiger partial charge in [0.15, 0.2) is 5.96 Å². The van der Waals surface area contributed by atoms with E-state index < -0.39 is 0 Å². The van der Waals surface area contributed by atoms with Crippen molar-refractivity contribution < 1.29 is 4.79 Å². The van der Waals surface area contributed by atoms with E-state index in [-0.39, 0.29) is 5.91 Å². The molecule has 0 aliphatic carbocycles. The zero-order valence-corrected chi connectivity index (χ0v) is 19.6. The van der Waals surface area contributed by atoms with Crippen molar-refractivity contribution in [2.75, 3.05) is 65.3 Å². The molecule has 172 valence electrons. The minimum Gasteiger partial charge on any atom is -0.369 e. The summed E-state index contributed by atoms with van der Waals surface area (Å²) in [6, 6.07) is 18.4. The lowest BCUT2D eigenvalue weighted by molar-refractivity contribution is 0.0827. The molecule has 0 aromatic heterocycles. The summed E-state index contributed by atoms with van der Waals surface area (Å²) in [4.78, 5) is 22.9. The minimum absolute atomic E-state index is 0.0171. The molecular weight excluding hydrogens is 400 g/mol. The number of nitrogens with zero attached hydrogens (tertiary/aromatic N) is 4. The maximum atomic E-state index is 12.0. The van der Waals surface area contributed by atoms with E-state index in [9.17, 15) is 4.79 Å². The van der Waals surface area contributed by atoms with Gasteiger partial charge in [0.25, 0.3) is 5.91 Å². The van der Waals surface area contributed by atoms with E-state index in [2.05, 4.69) is 55.8 Å². The van der Waals surface area contributed by atoms with E-state index >= 15 is 0 Å². The van der Waals surface area contributed by atoms with Gasteiger partial charge in [0.05, 0.1) is 0 Å². The molecule has 1 aliphatic heterocycles. The third kappa shape index (κ3) is 6.99. The van der Waals surface area contributed by atoms with Gasteiger partial charge >= 0.3 is 0 Å². The van der Waals surface area contributed by atoms with Gasteiger partial charge < -0.3 is 20.4 Å². The fourth-order valence-corrected chi connectivity index (χ4v) is 3.81. The Labute approximate surface area is 192 Å². The standard InChI is InChI=1S/C25H36N6O/c1-26-25(28-20-21-10-12-22(13-11-21)24(32)29(2)3)27-14-7-15-30-16-18-31(19-17-30)23-8-5-4-6-9-23/h4-6,8-13H,7,14-20H2,1-3H3,(H2,26,27,28). The number of aliphatic imine (C=N–C) groups is 1. The molecule has 0 radical (unpaired) electrons. The first-order valence-electron chi connectivity index (χ1n) is 11.3. The molecule has 0 atom stereocenters. The Morgan fingerprint density at radius 2 is 1.66 bits per heavy atom. The van der Waals surface area contributed by atoms with Crippen LogP contribution in [0.1, 0.15) is 22.3 Å². The Hall–Kier alpha value is -3.06. The van der Waals surface area contributed by atoms with Crippen molar-refractivity contribution in [3.8, 4) is 0 Å². The molecule has 1 fully saturated rings. The van der Waals surface area contributed by atoms with Crippen molar-refractivity contribution in [1.82, 2.24) is 20.4 Å². The summed E-state index contributed by atoms with van der Waals surface area (Å²) in [5.74, 6) is 0.816. The molecule has 1 amide bonds. The first-order valence-corrected chi connectivity index (χ1v) is 11.3. The van der Waals surface area contributed by atoms with Crippen LogP contribution in [0.3, 0.4) is 0 Å². The van der Waals surface area contributed by atoms with Crippen LogP contribution in [0.15, 0.2) is 59.6 Å². The molecule has 2 aromatic carbocycles. The number of benzene rings is 2. The van der Waals surface area contributed by atoms with Crippen molar-refractivity contribution in [3.63, 3.8) is 0 Å². The first kappa shape index (κ1) is 23.6. The number of hydrogen-bond donors (Lipinski definition) is 2. The van der Waals surface area contributed by atoms with Crippen LogP contribution in [-0.2, 0) is 6.54 Å². The van der Waals surface area contributed by atoms with Gasteiger partial charge in [-0.25, -0.2) is 0 Å². The van der Waals surface area contributed by atoms with Crippen molar-refractivity contribution in [1.29, 1.82) is 0 Å². The lowest BCUT2D eigenvalue weighted by Gasteiger charge is -2.36. The zero-order chi connectivity index (χ0) is 22.8. The van der Waals surface area contributed by atoms with Crippen LogP contribution in [-0.4, -0.2) is 82.1 Å². The molecule has 0 spiro atoms. The quantitative estimate of drug-likeness (QED) is 0.378. The number of hydrogen-bond acceptors (Lipinski definition) is 4. The zero-order valence-electron chi connectivity index (χ0n) is 19.6. The lowest BCUT2D eigenvalue weighted by Crippen LogP contribution is -2.47. The van der Waals surface area contributed by atoms with E-state index in [0.717, 1.165) is 57.2 Å². The average Bonchev–Trinajstić information content (AvgIpc) is 2.84. The molecule has 2 aromatic rings. The van der Waals surface area contributed by atoms with Gasteiger partial charge in [0.1, 0.15) is 0 Å². The van der Waals surface area contributed by atoms with Crippen molar-refractivity contribution in [3.05, 3.63) is 65.7 Å². The number of nitrogens with one attached hydrogen (secondary N) is 2. The molecule has 1 aliphatic rings. The highest BCUT2D eigenvalue weighted by atomic mass is 16.2. The normalized spacial score (nSPS) is 14.8. The largest absolute Gasteiger partial charge is 0.369 e. The van der Waals surface area contributed by atoms with Crippen LogP contribution in [0.4, 0.5) is 5.69 Å². The summed E-state index contributed by atoms with van der Waals surface area (Å²) in [7, 11) is 5.31. The molecule has 1 saturated heterocycles. The van der Waals surface area contributed by atoms with E-state index in [4.69, 9.17) is 0 Å². The van der Waals surface area contributed by atoms with Gasteiger partial charge in [0, 0.05) is 71.7 Å². The highest BCUT2D eigenvalue weighted by Gasteiger charge is 2.16. The van der Waals surface area contributed by atoms with Gasteiger partial charge in [-0.1, -0.05) is 30.3 Å². The molecule has 2 N–H and O–H groups in total. The molecule has 0 unspecified atom stereocenters. The van der Waals surface area contributed by atoms with Crippen LogP contribution in [0, 0.1) is 0 Å². The molecule has 0 saturated carbocycles. The molecule has 7 nitrogen and oxygen atoms in total. The Morgan fingerprint density at radius 3 is 2.28 bits per heavy atom. The molecule has 3 rings (SSSR count). The van der Waals surface area contributed by atoms with Gasteiger partial charge in [-0.3, -0.25) is 14.7 Å².